The monoisotopic (exact) mass is 238 g/mol. The summed E-state index contributed by atoms with van der Waals surface area (Å²) in [6, 6.07) is 4.20. The Morgan fingerprint density at radius 2 is 2.29 bits per heavy atom. The molecule has 1 aromatic rings. The van der Waals surface area contributed by atoms with Crippen LogP contribution in [0.4, 0.5) is 10.1 Å². The molecule has 0 saturated carbocycles. The minimum absolute atomic E-state index is 0.0161. The van der Waals surface area contributed by atoms with E-state index in [1.807, 2.05) is 6.92 Å². The first-order valence-electron chi connectivity index (χ1n) is 5.42. The standard InChI is InChI=1S/C12H15FN2O2/c1-12(6-17-7-12)5-15-11(16)8-3-2-4-9(13)10(8)14/h2-4H,5-7,14H2,1H3,(H,15,16). The Bertz CT molecular complexity index is 444. The second kappa shape index (κ2) is 4.33. The fourth-order valence-corrected chi connectivity index (χ4v) is 1.68. The number of hydrogen-bond donors (Lipinski definition) is 2. The van der Waals surface area contributed by atoms with Gasteiger partial charge in [-0.05, 0) is 12.1 Å². The summed E-state index contributed by atoms with van der Waals surface area (Å²) in [5.74, 6) is -0.925. The van der Waals surface area contributed by atoms with Gasteiger partial charge in [-0.1, -0.05) is 13.0 Å². The van der Waals surface area contributed by atoms with Gasteiger partial charge in [-0.15, -0.1) is 0 Å². The maximum Gasteiger partial charge on any atom is 0.253 e. The number of carbonyl (C=O) groups is 1. The zero-order valence-corrected chi connectivity index (χ0v) is 9.63. The topological polar surface area (TPSA) is 64.4 Å². The summed E-state index contributed by atoms with van der Waals surface area (Å²) in [5, 5.41) is 2.74. The van der Waals surface area contributed by atoms with Crippen LogP contribution in [-0.2, 0) is 4.74 Å². The van der Waals surface area contributed by atoms with Gasteiger partial charge in [0.25, 0.3) is 5.91 Å². The van der Waals surface area contributed by atoms with Crippen LogP contribution in [0.2, 0.25) is 0 Å². The lowest BCUT2D eigenvalue weighted by Gasteiger charge is -2.38. The molecule has 0 atom stereocenters. The van der Waals surface area contributed by atoms with Gasteiger partial charge in [0.15, 0.2) is 0 Å². The summed E-state index contributed by atoms with van der Waals surface area (Å²) in [6.07, 6.45) is 0. The van der Waals surface area contributed by atoms with E-state index in [0.29, 0.717) is 19.8 Å². The third-order valence-corrected chi connectivity index (χ3v) is 2.87. The Balaban J connectivity index is 2.02. The van der Waals surface area contributed by atoms with Crippen LogP contribution in [0.1, 0.15) is 17.3 Å². The first kappa shape index (κ1) is 11.9. The number of hydrogen-bond acceptors (Lipinski definition) is 3. The minimum atomic E-state index is -0.573. The van der Waals surface area contributed by atoms with Crippen LogP contribution in [-0.4, -0.2) is 25.7 Å². The van der Waals surface area contributed by atoms with Gasteiger partial charge in [-0.25, -0.2) is 4.39 Å². The quantitative estimate of drug-likeness (QED) is 0.777. The molecule has 0 spiro atoms. The number of nitrogens with one attached hydrogen (secondary N) is 1. The van der Waals surface area contributed by atoms with E-state index in [4.69, 9.17) is 10.5 Å². The average molecular weight is 238 g/mol. The molecular weight excluding hydrogens is 223 g/mol. The number of anilines is 1. The van der Waals surface area contributed by atoms with Gasteiger partial charge >= 0.3 is 0 Å². The van der Waals surface area contributed by atoms with Crippen LogP contribution >= 0.6 is 0 Å². The van der Waals surface area contributed by atoms with Crippen molar-refractivity contribution in [2.24, 2.45) is 5.41 Å². The SMILES string of the molecule is CC1(CNC(=O)c2cccc(F)c2N)COC1. The first-order valence-corrected chi connectivity index (χ1v) is 5.42. The van der Waals surface area contributed by atoms with Gasteiger partial charge in [0.2, 0.25) is 0 Å². The number of halogens is 1. The van der Waals surface area contributed by atoms with Crippen LogP contribution in [0.15, 0.2) is 18.2 Å². The van der Waals surface area contributed by atoms with Crippen molar-refractivity contribution >= 4 is 11.6 Å². The number of para-hydroxylation sites is 1. The maximum absolute atomic E-state index is 13.2. The van der Waals surface area contributed by atoms with Crippen LogP contribution in [0, 0.1) is 11.2 Å². The predicted octanol–water partition coefficient (Wildman–Crippen LogP) is 1.17. The molecule has 1 aliphatic rings. The number of nitrogens with two attached hydrogens (primary N) is 1. The Morgan fingerprint density at radius 1 is 1.59 bits per heavy atom. The second-order valence-corrected chi connectivity index (χ2v) is 4.69. The molecular formula is C12H15FN2O2. The molecule has 0 bridgehead atoms. The smallest absolute Gasteiger partial charge is 0.253 e. The van der Waals surface area contributed by atoms with Gasteiger partial charge in [0, 0.05) is 12.0 Å². The minimum Gasteiger partial charge on any atom is -0.396 e. The zero-order chi connectivity index (χ0) is 12.5. The number of benzene rings is 1. The molecule has 0 radical (unpaired) electrons. The number of amides is 1. The molecule has 1 aliphatic heterocycles. The lowest BCUT2D eigenvalue weighted by atomic mass is 9.88. The molecule has 2 rings (SSSR count). The zero-order valence-electron chi connectivity index (χ0n) is 9.63. The lowest BCUT2D eigenvalue weighted by Crippen LogP contribution is -2.48. The highest BCUT2D eigenvalue weighted by molar-refractivity contribution is 5.99. The summed E-state index contributed by atoms with van der Waals surface area (Å²) in [6.45, 7) is 3.78. The van der Waals surface area contributed by atoms with Crippen molar-refractivity contribution in [2.75, 3.05) is 25.5 Å². The summed E-state index contributed by atoms with van der Waals surface area (Å²) >= 11 is 0. The summed E-state index contributed by atoms with van der Waals surface area (Å²) in [4.78, 5) is 11.8. The van der Waals surface area contributed by atoms with E-state index in [1.54, 1.807) is 0 Å². The van der Waals surface area contributed by atoms with Crippen molar-refractivity contribution in [3.63, 3.8) is 0 Å². The number of nitrogen functional groups attached to an aromatic ring is 1. The summed E-state index contributed by atoms with van der Waals surface area (Å²) < 4.78 is 18.2. The molecule has 1 aromatic carbocycles. The van der Waals surface area contributed by atoms with Gasteiger partial charge in [0.05, 0.1) is 24.5 Å². The van der Waals surface area contributed by atoms with E-state index in [0.717, 1.165) is 0 Å². The molecule has 3 N–H and O–H groups in total. The molecule has 1 fully saturated rings. The Hall–Kier alpha value is -1.62. The number of carbonyl (C=O) groups excluding carboxylic acids is 1. The van der Waals surface area contributed by atoms with E-state index >= 15 is 0 Å². The van der Waals surface area contributed by atoms with E-state index in [-0.39, 0.29) is 22.6 Å². The molecule has 17 heavy (non-hydrogen) atoms. The normalized spacial score (nSPS) is 17.3. The molecule has 0 unspecified atom stereocenters. The third-order valence-electron chi connectivity index (χ3n) is 2.87. The molecule has 1 heterocycles. The second-order valence-electron chi connectivity index (χ2n) is 4.69. The molecule has 0 aromatic heterocycles. The van der Waals surface area contributed by atoms with E-state index in [2.05, 4.69) is 5.32 Å². The van der Waals surface area contributed by atoms with Crippen LogP contribution < -0.4 is 11.1 Å². The molecule has 1 saturated heterocycles. The van der Waals surface area contributed by atoms with Gasteiger partial charge in [-0.2, -0.15) is 0 Å². The molecule has 5 heteroatoms. The molecule has 4 nitrogen and oxygen atoms in total. The highest BCUT2D eigenvalue weighted by Gasteiger charge is 2.33. The Labute approximate surface area is 98.9 Å². The summed E-state index contributed by atoms with van der Waals surface area (Å²) in [5.41, 5.74) is 5.56. The molecule has 1 amide bonds. The van der Waals surface area contributed by atoms with E-state index < -0.39 is 5.82 Å². The van der Waals surface area contributed by atoms with Gasteiger partial charge < -0.3 is 15.8 Å². The van der Waals surface area contributed by atoms with Crippen molar-refractivity contribution in [2.45, 2.75) is 6.92 Å². The lowest BCUT2D eigenvalue weighted by molar-refractivity contribution is -0.0978. The van der Waals surface area contributed by atoms with Crippen molar-refractivity contribution < 1.29 is 13.9 Å². The van der Waals surface area contributed by atoms with Crippen molar-refractivity contribution in [3.8, 4) is 0 Å². The first-order chi connectivity index (χ1) is 8.02. The van der Waals surface area contributed by atoms with Crippen LogP contribution in [0.3, 0.4) is 0 Å². The predicted molar refractivity (Wildman–Crippen MR) is 62.1 cm³/mol. The van der Waals surface area contributed by atoms with Gasteiger partial charge in [-0.3, -0.25) is 4.79 Å². The van der Waals surface area contributed by atoms with Crippen molar-refractivity contribution in [3.05, 3.63) is 29.6 Å². The maximum atomic E-state index is 13.2. The van der Waals surface area contributed by atoms with Crippen molar-refractivity contribution in [1.29, 1.82) is 0 Å². The van der Waals surface area contributed by atoms with Crippen LogP contribution in [0.25, 0.3) is 0 Å². The third kappa shape index (κ3) is 2.39. The van der Waals surface area contributed by atoms with Crippen molar-refractivity contribution in [1.82, 2.24) is 5.32 Å². The number of ether oxygens (including phenoxy) is 1. The molecule has 0 aliphatic carbocycles. The Kier molecular flexibility index (Phi) is 3.02. The van der Waals surface area contributed by atoms with Gasteiger partial charge in [0.1, 0.15) is 5.82 Å². The van der Waals surface area contributed by atoms with E-state index in [1.165, 1.54) is 18.2 Å². The highest BCUT2D eigenvalue weighted by Crippen LogP contribution is 2.25. The summed E-state index contributed by atoms with van der Waals surface area (Å²) in [7, 11) is 0. The fourth-order valence-electron chi connectivity index (χ4n) is 1.68. The highest BCUT2D eigenvalue weighted by atomic mass is 19.1. The van der Waals surface area contributed by atoms with Crippen LogP contribution in [0.5, 0.6) is 0 Å². The average Bonchev–Trinajstić information content (AvgIpc) is 2.27. The fraction of sp³-hybridized carbons (Fsp3) is 0.417. The van der Waals surface area contributed by atoms with E-state index in [9.17, 15) is 9.18 Å². The molecule has 92 valence electrons. The largest absolute Gasteiger partial charge is 0.396 e. The number of rotatable bonds is 3. The Morgan fingerprint density at radius 3 is 2.88 bits per heavy atom.